The summed E-state index contributed by atoms with van der Waals surface area (Å²) < 4.78 is 13.3. The predicted octanol–water partition coefficient (Wildman–Crippen LogP) is 1.27. The third-order valence-corrected chi connectivity index (χ3v) is 2.49. The Kier molecular flexibility index (Phi) is 2.06. The molecule has 0 aromatic heterocycles. The molecule has 2 N–H and O–H groups in total. The third-order valence-electron chi connectivity index (χ3n) is 2.49. The van der Waals surface area contributed by atoms with Gasteiger partial charge in [0.15, 0.2) is 0 Å². The maximum Gasteiger partial charge on any atom is 0.128 e. The molecule has 70 valence electrons. The van der Waals surface area contributed by atoms with Gasteiger partial charge in [-0.05, 0) is 18.7 Å². The molecule has 1 aromatic carbocycles. The van der Waals surface area contributed by atoms with Crippen molar-refractivity contribution in [2.75, 3.05) is 13.6 Å². The highest BCUT2D eigenvalue weighted by molar-refractivity contribution is 5.33. The number of nitrogens with zero attached hydrogens (tertiary/aromatic N) is 1. The SMILES string of the molecule is CN1Cc2c(F)cccc2C(N)C1. The van der Waals surface area contributed by atoms with Crippen LogP contribution in [0.1, 0.15) is 17.2 Å². The lowest BCUT2D eigenvalue weighted by molar-refractivity contribution is 0.277. The van der Waals surface area contributed by atoms with E-state index in [9.17, 15) is 4.39 Å². The molecule has 13 heavy (non-hydrogen) atoms. The molecule has 1 heterocycles. The molecule has 1 aliphatic heterocycles. The molecule has 0 saturated carbocycles. The van der Waals surface area contributed by atoms with Gasteiger partial charge in [-0.25, -0.2) is 4.39 Å². The molecular formula is C10H13FN2. The number of rotatable bonds is 0. The van der Waals surface area contributed by atoms with E-state index in [1.54, 1.807) is 6.07 Å². The zero-order valence-electron chi connectivity index (χ0n) is 7.63. The molecule has 0 bridgehead atoms. The molecule has 2 nitrogen and oxygen atoms in total. The van der Waals surface area contributed by atoms with Crippen LogP contribution in [0.2, 0.25) is 0 Å². The fourth-order valence-electron chi connectivity index (χ4n) is 1.86. The minimum Gasteiger partial charge on any atom is -0.323 e. The highest BCUT2D eigenvalue weighted by Crippen LogP contribution is 2.25. The first kappa shape index (κ1) is 8.66. The normalized spacial score (nSPS) is 22.8. The summed E-state index contributed by atoms with van der Waals surface area (Å²) in [5.74, 6) is -0.139. The van der Waals surface area contributed by atoms with Crippen molar-refractivity contribution >= 4 is 0 Å². The number of benzene rings is 1. The monoisotopic (exact) mass is 180 g/mol. The first-order valence-electron chi connectivity index (χ1n) is 4.40. The summed E-state index contributed by atoms with van der Waals surface area (Å²) in [6.45, 7) is 1.46. The lowest BCUT2D eigenvalue weighted by atomic mass is 9.96. The lowest BCUT2D eigenvalue weighted by Crippen LogP contribution is -2.35. The first-order chi connectivity index (χ1) is 6.18. The first-order valence-corrected chi connectivity index (χ1v) is 4.40. The van der Waals surface area contributed by atoms with Crippen LogP contribution < -0.4 is 5.73 Å². The number of hydrogen-bond donors (Lipinski definition) is 1. The van der Waals surface area contributed by atoms with Crippen molar-refractivity contribution in [1.82, 2.24) is 4.90 Å². The zero-order chi connectivity index (χ0) is 9.42. The maximum absolute atomic E-state index is 13.3. The van der Waals surface area contributed by atoms with E-state index in [1.807, 2.05) is 18.0 Å². The van der Waals surface area contributed by atoms with E-state index in [0.717, 1.165) is 17.7 Å². The summed E-state index contributed by atoms with van der Waals surface area (Å²) >= 11 is 0. The molecule has 1 aliphatic rings. The van der Waals surface area contributed by atoms with Crippen molar-refractivity contribution in [3.63, 3.8) is 0 Å². The maximum atomic E-state index is 13.3. The van der Waals surface area contributed by atoms with Crippen LogP contribution >= 0.6 is 0 Å². The van der Waals surface area contributed by atoms with Gasteiger partial charge in [-0.2, -0.15) is 0 Å². The molecule has 0 radical (unpaired) electrons. The topological polar surface area (TPSA) is 29.3 Å². The summed E-state index contributed by atoms with van der Waals surface area (Å²) in [6, 6.07) is 5.07. The summed E-state index contributed by atoms with van der Waals surface area (Å²) in [5, 5.41) is 0. The molecular weight excluding hydrogens is 167 g/mol. The van der Waals surface area contributed by atoms with Crippen LogP contribution in [0.5, 0.6) is 0 Å². The van der Waals surface area contributed by atoms with Crippen LogP contribution in [-0.4, -0.2) is 18.5 Å². The highest BCUT2D eigenvalue weighted by Gasteiger charge is 2.22. The van der Waals surface area contributed by atoms with E-state index in [2.05, 4.69) is 0 Å². The minimum absolute atomic E-state index is 0.0514. The van der Waals surface area contributed by atoms with Crippen molar-refractivity contribution in [2.24, 2.45) is 5.73 Å². The van der Waals surface area contributed by atoms with Crippen LogP contribution in [0, 0.1) is 5.82 Å². The zero-order valence-corrected chi connectivity index (χ0v) is 7.63. The molecule has 1 unspecified atom stereocenters. The number of halogens is 1. The number of nitrogens with two attached hydrogens (primary N) is 1. The van der Waals surface area contributed by atoms with Crippen molar-refractivity contribution in [2.45, 2.75) is 12.6 Å². The second kappa shape index (κ2) is 3.09. The van der Waals surface area contributed by atoms with Crippen LogP contribution in [0.25, 0.3) is 0 Å². The van der Waals surface area contributed by atoms with Gasteiger partial charge in [0, 0.05) is 24.7 Å². The van der Waals surface area contributed by atoms with Crippen molar-refractivity contribution < 1.29 is 4.39 Å². The number of likely N-dealkylation sites (N-methyl/N-ethyl adjacent to an activating group) is 1. The van der Waals surface area contributed by atoms with Crippen LogP contribution in [0.4, 0.5) is 4.39 Å². The van der Waals surface area contributed by atoms with Crippen molar-refractivity contribution in [3.05, 3.63) is 35.1 Å². The molecule has 0 aliphatic carbocycles. The van der Waals surface area contributed by atoms with Gasteiger partial charge < -0.3 is 10.6 Å². The van der Waals surface area contributed by atoms with Crippen molar-refractivity contribution in [3.8, 4) is 0 Å². The second-order valence-corrected chi connectivity index (χ2v) is 3.61. The average Bonchev–Trinajstić information content (AvgIpc) is 2.07. The molecule has 0 amide bonds. The molecule has 3 heteroatoms. The summed E-state index contributed by atoms with van der Waals surface area (Å²) in [4.78, 5) is 2.04. The van der Waals surface area contributed by atoms with E-state index < -0.39 is 0 Å². The fraction of sp³-hybridized carbons (Fsp3) is 0.400. The number of hydrogen-bond acceptors (Lipinski definition) is 2. The molecule has 2 rings (SSSR count). The smallest absolute Gasteiger partial charge is 0.128 e. The molecule has 0 saturated heterocycles. The van der Waals surface area contributed by atoms with Gasteiger partial charge in [0.25, 0.3) is 0 Å². The number of fused-ring (bicyclic) bond motifs is 1. The van der Waals surface area contributed by atoms with E-state index in [1.165, 1.54) is 6.07 Å². The molecule has 1 aromatic rings. The molecule has 0 spiro atoms. The Labute approximate surface area is 77.2 Å². The molecule has 0 fully saturated rings. The minimum atomic E-state index is -0.139. The third kappa shape index (κ3) is 1.45. The Hall–Kier alpha value is -0.930. The highest BCUT2D eigenvalue weighted by atomic mass is 19.1. The Bertz CT molecular complexity index is 325. The van der Waals surface area contributed by atoms with Gasteiger partial charge in [0.1, 0.15) is 5.82 Å². The summed E-state index contributed by atoms with van der Waals surface area (Å²) in [7, 11) is 1.95. The standard InChI is InChI=1S/C10H13FN2/c1-13-5-8-7(10(12)6-13)3-2-4-9(8)11/h2-4,10H,5-6,12H2,1H3. The van der Waals surface area contributed by atoms with Gasteiger partial charge in [-0.3, -0.25) is 0 Å². The van der Waals surface area contributed by atoms with Gasteiger partial charge in [-0.1, -0.05) is 12.1 Å². The van der Waals surface area contributed by atoms with Crippen LogP contribution in [0.3, 0.4) is 0 Å². The second-order valence-electron chi connectivity index (χ2n) is 3.61. The van der Waals surface area contributed by atoms with Gasteiger partial charge in [0.05, 0.1) is 0 Å². The summed E-state index contributed by atoms with van der Waals surface area (Å²) in [5.41, 5.74) is 7.61. The predicted molar refractivity (Wildman–Crippen MR) is 49.7 cm³/mol. The largest absolute Gasteiger partial charge is 0.323 e. The lowest BCUT2D eigenvalue weighted by Gasteiger charge is -2.29. The van der Waals surface area contributed by atoms with Crippen LogP contribution in [-0.2, 0) is 6.54 Å². The Morgan fingerprint density at radius 2 is 2.31 bits per heavy atom. The fourth-order valence-corrected chi connectivity index (χ4v) is 1.86. The van der Waals surface area contributed by atoms with Crippen LogP contribution in [0.15, 0.2) is 18.2 Å². The Balaban J connectivity index is 2.49. The van der Waals surface area contributed by atoms with E-state index in [4.69, 9.17) is 5.73 Å². The van der Waals surface area contributed by atoms with E-state index >= 15 is 0 Å². The van der Waals surface area contributed by atoms with Gasteiger partial charge >= 0.3 is 0 Å². The summed E-state index contributed by atoms with van der Waals surface area (Å²) in [6.07, 6.45) is 0. The van der Waals surface area contributed by atoms with Crippen molar-refractivity contribution in [1.29, 1.82) is 0 Å². The van der Waals surface area contributed by atoms with Gasteiger partial charge in [-0.15, -0.1) is 0 Å². The van der Waals surface area contributed by atoms with E-state index in [0.29, 0.717) is 6.54 Å². The molecule has 1 atom stereocenters. The van der Waals surface area contributed by atoms with E-state index in [-0.39, 0.29) is 11.9 Å². The Morgan fingerprint density at radius 1 is 1.54 bits per heavy atom. The average molecular weight is 180 g/mol. The quantitative estimate of drug-likeness (QED) is 0.651. The van der Waals surface area contributed by atoms with Gasteiger partial charge in [0.2, 0.25) is 0 Å². The Morgan fingerprint density at radius 3 is 3.08 bits per heavy atom.